The highest BCUT2D eigenvalue weighted by Crippen LogP contribution is 2.13. The van der Waals surface area contributed by atoms with Crippen molar-refractivity contribution in [3.8, 4) is 0 Å². The molecule has 0 aliphatic carbocycles. The van der Waals surface area contributed by atoms with E-state index in [-0.39, 0.29) is 0 Å². The molecule has 112 valence electrons. The predicted octanol–water partition coefficient (Wildman–Crippen LogP) is 3.48. The van der Waals surface area contributed by atoms with Crippen molar-refractivity contribution in [2.24, 2.45) is 0 Å². The number of benzene rings is 1. The predicted molar refractivity (Wildman–Crippen MR) is 89.5 cm³/mol. The number of aromatic nitrogens is 1. The quantitative estimate of drug-likeness (QED) is 0.714. The van der Waals surface area contributed by atoms with Crippen LogP contribution in [0.1, 0.15) is 25.5 Å². The molecule has 0 unspecified atom stereocenters. The number of anilines is 1. The van der Waals surface area contributed by atoms with Gasteiger partial charge in [-0.3, -0.25) is 4.98 Å². The third kappa shape index (κ3) is 5.56. The minimum atomic E-state index is 0.831. The van der Waals surface area contributed by atoms with Gasteiger partial charge in [0.2, 0.25) is 0 Å². The van der Waals surface area contributed by atoms with E-state index in [9.17, 15) is 0 Å². The molecule has 2 rings (SSSR count). The van der Waals surface area contributed by atoms with Gasteiger partial charge in [-0.25, -0.2) is 0 Å². The Kier molecular flexibility index (Phi) is 6.75. The van der Waals surface area contributed by atoms with E-state index in [0.29, 0.717) is 0 Å². The van der Waals surface area contributed by atoms with E-state index in [0.717, 1.165) is 31.9 Å². The zero-order valence-corrected chi connectivity index (χ0v) is 12.8. The minimum absolute atomic E-state index is 0.831. The Hall–Kier alpha value is -1.87. The summed E-state index contributed by atoms with van der Waals surface area (Å²) in [6.45, 7) is 6.18. The standard InChI is InChI=1S/C18H25N3/c1-2-3-14-21(18-10-5-4-6-11-18)15-13-19-16-17-9-7-8-12-20-17/h4-12,19H,2-3,13-16H2,1H3. The Bertz CT molecular complexity index is 484. The highest BCUT2D eigenvalue weighted by atomic mass is 15.1. The lowest BCUT2D eigenvalue weighted by Gasteiger charge is -2.25. The third-order valence-corrected chi connectivity index (χ3v) is 3.49. The van der Waals surface area contributed by atoms with Gasteiger partial charge in [-0.15, -0.1) is 0 Å². The molecular weight excluding hydrogens is 258 g/mol. The molecule has 2 aromatic rings. The summed E-state index contributed by atoms with van der Waals surface area (Å²) in [6, 6.07) is 16.7. The fourth-order valence-corrected chi connectivity index (χ4v) is 2.29. The maximum Gasteiger partial charge on any atom is 0.0541 e. The maximum atomic E-state index is 4.33. The van der Waals surface area contributed by atoms with E-state index in [4.69, 9.17) is 0 Å². The van der Waals surface area contributed by atoms with E-state index >= 15 is 0 Å². The second kappa shape index (κ2) is 9.14. The second-order valence-electron chi connectivity index (χ2n) is 5.17. The van der Waals surface area contributed by atoms with Gasteiger partial charge in [-0.2, -0.15) is 0 Å². The molecule has 0 atom stereocenters. The lowest BCUT2D eigenvalue weighted by Crippen LogP contribution is -2.32. The van der Waals surface area contributed by atoms with Crippen LogP contribution < -0.4 is 10.2 Å². The Balaban J connectivity index is 1.79. The van der Waals surface area contributed by atoms with Gasteiger partial charge in [0.1, 0.15) is 0 Å². The molecule has 1 N–H and O–H groups in total. The Morgan fingerprint density at radius 2 is 1.81 bits per heavy atom. The zero-order valence-electron chi connectivity index (χ0n) is 12.8. The molecule has 21 heavy (non-hydrogen) atoms. The number of nitrogens with one attached hydrogen (secondary N) is 1. The number of hydrogen-bond donors (Lipinski definition) is 1. The molecule has 1 aromatic heterocycles. The molecule has 0 saturated heterocycles. The molecule has 0 fully saturated rings. The summed E-state index contributed by atoms with van der Waals surface area (Å²) in [5.74, 6) is 0. The van der Waals surface area contributed by atoms with Crippen molar-refractivity contribution >= 4 is 5.69 Å². The molecular formula is C18H25N3. The summed E-state index contributed by atoms with van der Waals surface area (Å²) in [4.78, 5) is 6.78. The molecule has 3 nitrogen and oxygen atoms in total. The van der Waals surface area contributed by atoms with E-state index in [1.165, 1.54) is 18.5 Å². The van der Waals surface area contributed by atoms with Crippen LogP contribution in [-0.2, 0) is 6.54 Å². The molecule has 0 radical (unpaired) electrons. The normalized spacial score (nSPS) is 10.5. The van der Waals surface area contributed by atoms with Crippen LogP contribution in [0.5, 0.6) is 0 Å². The first-order valence-electron chi connectivity index (χ1n) is 7.80. The van der Waals surface area contributed by atoms with Gasteiger partial charge in [0.25, 0.3) is 0 Å². The Morgan fingerprint density at radius 3 is 2.52 bits per heavy atom. The van der Waals surface area contributed by atoms with Crippen LogP contribution >= 0.6 is 0 Å². The minimum Gasteiger partial charge on any atom is -0.370 e. The number of pyridine rings is 1. The highest BCUT2D eigenvalue weighted by molar-refractivity contribution is 5.45. The number of para-hydroxylation sites is 1. The van der Waals surface area contributed by atoms with Gasteiger partial charge >= 0.3 is 0 Å². The third-order valence-electron chi connectivity index (χ3n) is 3.49. The lowest BCUT2D eigenvalue weighted by atomic mass is 10.2. The maximum absolute atomic E-state index is 4.33. The van der Waals surface area contributed by atoms with Crippen molar-refractivity contribution in [2.75, 3.05) is 24.5 Å². The molecule has 0 aliphatic rings. The molecule has 0 aliphatic heterocycles. The van der Waals surface area contributed by atoms with Gasteiger partial charge in [0, 0.05) is 38.1 Å². The van der Waals surface area contributed by atoms with E-state index in [1.54, 1.807) is 0 Å². The number of unbranched alkanes of at least 4 members (excludes halogenated alkanes) is 1. The lowest BCUT2D eigenvalue weighted by molar-refractivity contribution is 0.636. The summed E-state index contributed by atoms with van der Waals surface area (Å²) in [5.41, 5.74) is 2.41. The summed E-state index contributed by atoms with van der Waals surface area (Å²) in [5, 5.41) is 3.47. The first-order valence-corrected chi connectivity index (χ1v) is 7.80. The SMILES string of the molecule is CCCCN(CCNCc1ccccn1)c1ccccc1. The van der Waals surface area contributed by atoms with Gasteiger partial charge in [-0.05, 0) is 30.7 Å². The van der Waals surface area contributed by atoms with Crippen LogP contribution in [0.2, 0.25) is 0 Å². The van der Waals surface area contributed by atoms with Gasteiger partial charge < -0.3 is 10.2 Å². The van der Waals surface area contributed by atoms with Crippen LogP contribution in [0.15, 0.2) is 54.7 Å². The van der Waals surface area contributed by atoms with Gasteiger partial charge in [0.05, 0.1) is 5.69 Å². The molecule has 0 spiro atoms. The first kappa shape index (κ1) is 15.5. The summed E-state index contributed by atoms with van der Waals surface area (Å²) >= 11 is 0. The van der Waals surface area contributed by atoms with Crippen molar-refractivity contribution in [3.05, 3.63) is 60.4 Å². The smallest absolute Gasteiger partial charge is 0.0541 e. The molecule has 3 heteroatoms. The largest absolute Gasteiger partial charge is 0.370 e. The topological polar surface area (TPSA) is 28.2 Å². The van der Waals surface area contributed by atoms with Crippen molar-refractivity contribution < 1.29 is 0 Å². The van der Waals surface area contributed by atoms with Crippen LogP contribution in [0.3, 0.4) is 0 Å². The molecule has 1 heterocycles. The molecule has 0 bridgehead atoms. The van der Waals surface area contributed by atoms with Crippen molar-refractivity contribution in [3.63, 3.8) is 0 Å². The van der Waals surface area contributed by atoms with Crippen LogP contribution in [0.4, 0.5) is 5.69 Å². The fourth-order valence-electron chi connectivity index (χ4n) is 2.29. The van der Waals surface area contributed by atoms with Crippen molar-refractivity contribution in [1.29, 1.82) is 0 Å². The second-order valence-corrected chi connectivity index (χ2v) is 5.17. The summed E-state index contributed by atoms with van der Waals surface area (Å²) < 4.78 is 0. The average Bonchev–Trinajstić information content (AvgIpc) is 2.56. The van der Waals surface area contributed by atoms with Gasteiger partial charge in [-0.1, -0.05) is 37.6 Å². The first-order chi connectivity index (χ1) is 10.4. The molecule has 1 aromatic carbocycles. The number of hydrogen-bond acceptors (Lipinski definition) is 3. The van der Waals surface area contributed by atoms with Crippen LogP contribution in [0.25, 0.3) is 0 Å². The van der Waals surface area contributed by atoms with Crippen LogP contribution in [-0.4, -0.2) is 24.6 Å². The summed E-state index contributed by atoms with van der Waals surface area (Å²) in [6.07, 6.45) is 4.30. The molecule has 0 amide bonds. The zero-order chi connectivity index (χ0) is 14.8. The average molecular weight is 283 g/mol. The molecule has 0 saturated carbocycles. The van der Waals surface area contributed by atoms with E-state index in [1.807, 2.05) is 18.3 Å². The Morgan fingerprint density at radius 1 is 1.00 bits per heavy atom. The van der Waals surface area contributed by atoms with Gasteiger partial charge in [0.15, 0.2) is 0 Å². The monoisotopic (exact) mass is 283 g/mol. The highest BCUT2D eigenvalue weighted by Gasteiger charge is 2.04. The Labute approximate surface area is 128 Å². The number of nitrogens with zero attached hydrogens (tertiary/aromatic N) is 2. The number of rotatable bonds is 9. The van der Waals surface area contributed by atoms with E-state index < -0.39 is 0 Å². The van der Waals surface area contributed by atoms with Crippen molar-refractivity contribution in [1.82, 2.24) is 10.3 Å². The summed E-state index contributed by atoms with van der Waals surface area (Å²) in [7, 11) is 0. The van der Waals surface area contributed by atoms with Crippen molar-refractivity contribution in [2.45, 2.75) is 26.3 Å². The fraction of sp³-hybridized carbons (Fsp3) is 0.389. The van der Waals surface area contributed by atoms with Crippen LogP contribution in [0, 0.1) is 0 Å². The van der Waals surface area contributed by atoms with E-state index in [2.05, 4.69) is 58.5 Å².